The number of aromatic nitrogens is 2. The van der Waals surface area contributed by atoms with Crippen LogP contribution in [0.25, 0.3) is 0 Å². The Balaban J connectivity index is 1.64. The van der Waals surface area contributed by atoms with Gasteiger partial charge in [-0.25, -0.2) is 9.37 Å². The Morgan fingerprint density at radius 2 is 2.00 bits per heavy atom. The van der Waals surface area contributed by atoms with Crippen LogP contribution >= 0.6 is 0 Å². The Hall–Kier alpha value is -3.35. The van der Waals surface area contributed by atoms with Crippen LogP contribution in [0.15, 0.2) is 54.9 Å². The predicted molar refractivity (Wildman–Crippen MR) is 101 cm³/mol. The van der Waals surface area contributed by atoms with E-state index in [9.17, 15) is 9.18 Å². The number of fused-ring (bicyclic) bond motifs is 1. The minimum absolute atomic E-state index is 0.312. The zero-order valence-electron chi connectivity index (χ0n) is 15.4. The third kappa shape index (κ3) is 3.69. The molecule has 0 bridgehead atoms. The first kappa shape index (κ1) is 18.0. The van der Waals surface area contributed by atoms with E-state index in [1.54, 1.807) is 47.3 Å². The number of amides is 1. The van der Waals surface area contributed by atoms with Crippen molar-refractivity contribution in [2.75, 3.05) is 13.2 Å². The number of imidazole rings is 1. The first-order valence-electron chi connectivity index (χ1n) is 9.05. The maximum atomic E-state index is 13.8. The highest BCUT2D eigenvalue weighted by Crippen LogP contribution is 2.31. The van der Waals surface area contributed by atoms with Crippen molar-refractivity contribution < 1.29 is 18.7 Å². The number of rotatable bonds is 4. The van der Waals surface area contributed by atoms with Crippen molar-refractivity contribution in [1.82, 2.24) is 14.9 Å². The highest BCUT2D eigenvalue weighted by Gasteiger charge is 2.23. The second-order valence-electron chi connectivity index (χ2n) is 6.57. The molecule has 1 atom stereocenters. The summed E-state index contributed by atoms with van der Waals surface area (Å²) in [6.45, 7) is 1.12. The molecule has 0 fully saturated rings. The van der Waals surface area contributed by atoms with Crippen LogP contribution < -0.4 is 14.8 Å². The molecule has 2 heterocycles. The smallest absolute Gasteiger partial charge is 0.252 e. The number of ether oxygens (including phenoxy) is 2. The Morgan fingerprint density at radius 1 is 1.18 bits per heavy atom. The van der Waals surface area contributed by atoms with Crippen LogP contribution in [0.1, 0.15) is 34.2 Å². The second kappa shape index (κ2) is 7.72. The van der Waals surface area contributed by atoms with E-state index in [0.717, 1.165) is 6.42 Å². The highest BCUT2D eigenvalue weighted by molar-refractivity contribution is 5.95. The zero-order valence-corrected chi connectivity index (χ0v) is 15.4. The van der Waals surface area contributed by atoms with Crippen molar-refractivity contribution in [1.29, 1.82) is 0 Å². The fourth-order valence-corrected chi connectivity index (χ4v) is 3.16. The summed E-state index contributed by atoms with van der Waals surface area (Å²) in [5.74, 6) is 1.09. The lowest BCUT2D eigenvalue weighted by Gasteiger charge is -2.19. The first-order valence-corrected chi connectivity index (χ1v) is 9.05. The van der Waals surface area contributed by atoms with Gasteiger partial charge < -0.3 is 19.4 Å². The summed E-state index contributed by atoms with van der Waals surface area (Å²) >= 11 is 0. The van der Waals surface area contributed by atoms with Crippen molar-refractivity contribution in [3.63, 3.8) is 0 Å². The summed E-state index contributed by atoms with van der Waals surface area (Å²) in [6.07, 6.45) is 4.21. The second-order valence-corrected chi connectivity index (χ2v) is 6.57. The molecule has 3 aromatic rings. The Labute approximate surface area is 161 Å². The van der Waals surface area contributed by atoms with Gasteiger partial charge in [0.25, 0.3) is 5.91 Å². The van der Waals surface area contributed by atoms with Crippen molar-refractivity contribution in [3.8, 4) is 11.5 Å². The lowest BCUT2D eigenvalue weighted by atomic mass is 10.0. The number of aryl methyl sites for hydroxylation is 1. The molecule has 6 nitrogen and oxygen atoms in total. The molecular weight excluding hydrogens is 361 g/mol. The van der Waals surface area contributed by atoms with Gasteiger partial charge in [0.2, 0.25) is 0 Å². The predicted octanol–water partition coefficient (Wildman–Crippen LogP) is 3.24. The number of benzene rings is 2. The van der Waals surface area contributed by atoms with Crippen molar-refractivity contribution in [2.45, 2.75) is 12.5 Å². The largest absolute Gasteiger partial charge is 0.490 e. The number of hydrogen-bond donors (Lipinski definition) is 1. The van der Waals surface area contributed by atoms with E-state index in [1.165, 1.54) is 12.1 Å². The van der Waals surface area contributed by atoms with Gasteiger partial charge in [-0.15, -0.1) is 0 Å². The fraction of sp³-hybridized carbons (Fsp3) is 0.238. The highest BCUT2D eigenvalue weighted by atomic mass is 19.1. The van der Waals surface area contributed by atoms with Gasteiger partial charge in [-0.1, -0.05) is 12.1 Å². The number of carbonyl (C=O) groups is 1. The summed E-state index contributed by atoms with van der Waals surface area (Å²) in [5.41, 5.74) is 1.04. The van der Waals surface area contributed by atoms with Crippen molar-refractivity contribution in [3.05, 3.63) is 77.6 Å². The summed E-state index contributed by atoms with van der Waals surface area (Å²) in [6, 6.07) is 10.6. The van der Waals surface area contributed by atoms with Crippen LogP contribution in [-0.4, -0.2) is 28.7 Å². The molecule has 1 N–H and O–H groups in total. The Morgan fingerprint density at radius 3 is 2.75 bits per heavy atom. The van der Waals surface area contributed by atoms with Crippen molar-refractivity contribution >= 4 is 5.91 Å². The van der Waals surface area contributed by atoms with Crippen LogP contribution in [0.2, 0.25) is 0 Å². The quantitative estimate of drug-likeness (QED) is 0.754. The molecule has 7 heteroatoms. The van der Waals surface area contributed by atoms with E-state index in [2.05, 4.69) is 10.3 Å². The molecule has 1 amide bonds. The molecule has 1 aliphatic heterocycles. The van der Waals surface area contributed by atoms with E-state index in [4.69, 9.17) is 9.47 Å². The maximum absolute atomic E-state index is 13.8. The van der Waals surface area contributed by atoms with Crippen LogP contribution in [-0.2, 0) is 7.05 Å². The first-order chi connectivity index (χ1) is 13.6. The SMILES string of the molecule is Cn1ccnc1C(NC(=O)c1ccc2c(c1)OCCCO2)c1cccc(F)c1. The molecular formula is C21H20FN3O3. The molecule has 1 aliphatic rings. The van der Waals surface area contributed by atoms with Crippen molar-refractivity contribution in [2.24, 2.45) is 7.05 Å². The van der Waals surface area contributed by atoms with Gasteiger partial charge in [0, 0.05) is 31.4 Å². The fourth-order valence-electron chi connectivity index (χ4n) is 3.16. The molecule has 0 aliphatic carbocycles. The van der Waals surface area contributed by atoms with Crippen LogP contribution in [0.4, 0.5) is 4.39 Å². The van der Waals surface area contributed by atoms with Gasteiger partial charge in [-0.2, -0.15) is 0 Å². The maximum Gasteiger partial charge on any atom is 0.252 e. The van der Waals surface area contributed by atoms with Gasteiger partial charge in [0.1, 0.15) is 17.7 Å². The number of nitrogens with zero attached hydrogens (tertiary/aromatic N) is 2. The normalized spacial score (nSPS) is 14.2. The molecule has 144 valence electrons. The molecule has 1 unspecified atom stereocenters. The van der Waals surface area contributed by atoms with Crippen LogP contribution in [0.5, 0.6) is 11.5 Å². The minimum atomic E-state index is -0.598. The van der Waals surface area contributed by atoms with Gasteiger partial charge in [-0.05, 0) is 35.9 Å². The minimum Gasteiger partial charge on any atom is -0.490 e. The summed E-state index contributed by atoms with van der Waals surface area (Å²) < 4.78 is 26.9. The molecule has 0 saturated heterocycles. The summed E-state index contributed by atoms with van der Waals surface area (Å²) in [7, 11) is 1.83. The van der Waals surface area contributed by atoms with Crippen LogP contribution in [0, 0.1) is 5.82 Å². The third-order valence-corrected chi connectivity index (χ3v) is 4.58. The number of carbonyl (C=O) groups excluding carboxylic acids is 1. The molecule has 2 aromatic carbocycles. The van der Waals surface area contributed by atoms with Gasteiger partial charge in [0.15, 0.2) is 11.5 Å². The molecule has 0 radical (unpaired) electrons. The number of halogens is 1. The zero-order chi connectivity index (χ0) is 19.5. The summed E-state index contributed by atoms with van der Waals surface area (Å²) in [5, 5.41) is 2.96. The average Bonchev–Trinajstić information content (AvgIpc) is 2.98. The van der Waals surface area contributed by atoms with E-state index >= 15 is 0 Å². The van der Waals surface area contributed by atoms with E-state index in [-0.39, 0.29) is 11.7 Å². The lowest BCUT2D eigenvalue weighted by molar-refractivity contribution is 0.0940. The molecule has 4 rings (SSSR count). The molecule has 0 spiro atoms. The third-order valence-electron chi connectivity index (χ3n) is 4.58. The van der Waals surface area contributed by atoms with Crippen LogP contribution in [0.3, 0.4) is 0 Å². The average molecular weight is 381 g/mol. The van der Waals surface area contributed by atoms with Gasteiger partial charge in [-0.3, -0.25) is 4.79 Å². The lowest BCUT2D eigenvalue weighted by Crippen LogP contribution is -2.31. The Kier molecular flexibility index (Phi) is 4.97. The van der Waals surface area contributed by atoms with E-state index < -0.39 is 6.04 Å². The molecule has 0 saturated carbocycles. The molecule has 28 heavy (non-hydrogen) atoms. The molecule has 1 aromatic heterocycles. The summed E-state index contributed by atoms with van der Waals surface area (Å²) in [4.78, 5) is 17.3. The van der Waals surface area contributed by atoms with E-state index in [0.29, 0.717) is 41.7 Å². The Bertz CT molecular complexity index is 1000. The number of nitrogens with one attached hydrogen (secondary N) is 1. The monoisotopic (exact) mass is 381 g/mol. The van der Waals surface area contributed by atoms with Gasteiger partial charge >= 0.3 is 0 Å². The van der Waals surface area contributed by atoms with Gasteiger partial charge in [0.05, 0.1) is 13.2 Å². The topological polar surface area (TPSA) is 65.4 Å². The standard InChI is InChI=1S/C21H20FN3O3/c1-25-9-8-23-20(25)19(14-4-2-5-16(22)12-14)24-21(26)15-6-7-17-18(13-15)28-11-3-10-27-17/h2,4-9,12-13,19H,3,10-11H2,1H3,(H,24,26). The number of hydrogen-bond acceptors (Lipinski definition) is 4. The van der Waals surface area contributed by atoms with E-state index in [1.807, 2.05) is 7.05 Å².